The number of benzene rings is 1. The van der Waals surface area contributed by atoms with Crippen LogP contribution in [0.3, 0.4) is 0 Å². The lowest BCUT2D eigenvalue weighted by Gasteiger charge is -2.35. The van der Waals surface area contributed by atoms with Crippen LogP contribution < -0.4 is 4.74 Å². The number of halogens is 2. The van der Waals surface area contributed by atoms with Gasteiger partial charge in [0, 0.05) is 18.7 Å². The SMILES string of the molecule is CC1CC(C)CN(C(=O)c2cccc(OC(F)F)c2)C1. The second kappa shape index (κ2) is 6.20. The first-order chi connectivity index (χ1) is 9.45. The average Bonchev–Trinajstić information content (AvgIpc) is 2.36. The molecule has 0 saturated carbocycles. The fourth-order valence-corrected chi connectivity index (χ4v) is 2.82. The molecule has 0 radical (unpaired) electrons. The third-order valence-electron chi connectivity index (χ3n) is 3.46. The number of piperidine rings is 1. The number of ether oxygens (including phenoxy) is 1. The Kier molecular flexibility index (Phi) is 4.57. The first-order valence-electron chi connectivity index (χ1n) is 6.80. The molecule has 1 amide bonds. The molecule has 0 N–H and O–H groups in total. The van der Waals surface area contributed by atoms with E-state index in [9.17, 15) is 13.6 Å². The summed E-state index contributed by atoms with van der Waals surface area (Å²) in [5.41, 5.74) is 0.393. The molecule has 1 fully saturated rings. The van der Waals surface area contributed by atoms with Crippen molar-refractivity contribution >= 4 is 5.91 Å². The first kappa shape index (κ1) is 14.8. The molecule has 0 bridgehead atoms. The smallest absolute Gasteiger partial charge is 0.387 e. The third-order valence-corrected chi connectivity index (χ3v) is 3.46. The van der Waals surface area contributed by atoms with Gasteiger partial charge in [-0.15, -0.1) is 0 Å². The average molecular weight is 283 g/mol. The van der Waals surface area contributed by atoms with Crippen molar-refractivity contribution in [1.29, 1.82) is 0 Å². The van der Waals surface area contributed by atoms with Crippen molar-refractivity contribution < 1.29 is 18.3 Å². The second-order valence-electron chi connectivity index (χ2n) is 5.56. The van der Waals surface area contributed by atoms with Gasteiger partial charge in [0.25, 0.3) is 5.91 Å². The Morgan fingerprint density at radius 1 is 1.30 bits per heavy atom. The minimum Gasteiger partial charge on any atom is -0.435 e. The topological polar surface area (TPSA) is 29.5 Å². The largest absolute Gasteiger partial charge is 0.435 e. The van der Waals surface area contributed by atoms with Gasteiger partial charge in [0.15, 0.2) is 0 Å². The summed E-state index contributed by atoms with van der Waals surface area (Å²) in [6.07, 6.45) is 1.11. The van der Waals surface area contributed by atoms with Gasteiger partial charge in [0.05, 0.1) is 0 Å². The van der Waals surface area contributed by atoms with Crippen molar-refractivity contribution in [1.82, 2.24) is 4.90 Å². The van der Waals surface area contributed by atoms with Gasteiger partial charge in [0.1, 0.15) is 5.75 Å². The molecule has 1 aromatic carbocycles. The highest BCUT2D eigenvalue weighted by Crippen LogP contribution is 2.24. The number of hydrogen-bond acceptors (Lipinski definition) is 2. The van der Waals surface area contributed by atoms with Crippen LogP contribution in [0.4, 0.5) is 8.78 Å². The Balaban J connectivity index is 2.12. The highest BCUT2D eigenvalue weighted by Gasteiger charge is 2.26. The molecule has 1 aliphatic rings. The molecule has 1 saturated heterocycles. The molecular weight excluding hydrogens is 264 g/mol. The van der Waals surface area contributed by atoms with Gasteiger partial charge in [0.2, 0.25) is 0 Å². The van der Waals surface area contributed by atoms with E-state index in [2.05, 4.69) is 18.6 Å². The Morgan fingerprint density at radius 2 is 1.95 bits per heavy atom. The molecule has 110 valence electrons. The van der Waals surface area contributed by atoms with E-state index in [1.807, 2.05) is 0 Å². The van der Waals surface area contributed by atoms with Crippen LogP contribution in [0, 0.1) is 11.8 Å². The van der Waals surface area contributed by atoms with Crippen molar-refractivity contribution in [3.05, 3.63) is 29.8 Å². The molecule has 1 heterocycles. The van der Waals surface area contributed by atoms with E-state index in [1.165, 1.54) is 12.1 Å². The molecule has 2 atom stereocenters. The minimum absolute atomic E-state index is 0.0176. The Bertz CT molecular complexity index is 469. The molecular formula is C15H19F2NO2. The maximum atomic E-state index is 12.4. The van der Waals surface area contributed by atoms with Crippen molar-refractivity contribution in [3.63, 3.8) is 0 Å². The number of amides is 1. The summed E-state index contributed by atoms with van der Waals surface area (Å²) in [5.74, 6) is 0.818. The fraction of sp³-hybridized carbons (Fsp3) is 0.533. The summed E-state index contributed by atoms with van der Waals surface area (Å²) < 4.78 is 28.7. The van der Waals surface area contributed by atoms with E-state index < -0.39 is 6.61 Å². The van der Waals surface area contributed by atoms with Gasteiger partial charge in [-0.05, 0) is 36.5 Å². The maximum absolute atomic E-state index is 12.4. The maximum Gasteiger partial charge on any atom is 0.387 e. The molecule has 1 aliphatic heterocycles. The van der Waals surface area contributed by atoms with Gasteiger partial charge in [-0.3, -0.25) is 4.79 Å². The third kappa shape index (κ3) is 3.68. The molecule has 20 heavy (non-hydrogen) atoms. The summed E-state index contributed by atoms with van der Waals surface area (Å²) in [5, 5.41) is 0. The molecule has 0 aliphatic carbocycles. The highest BCUT2D eigenvalue weighted by molar-refractivity contribution is 5.94. The molecule has 2 rings (SSSR count). The van der Waals surface area contributed by atoms with Crippen LogP contribution in [-0.4, -0.2) is 30.5 Å². The van der Waals surface area contributed by atoms with E-state index in [1.54, 1.807) is 17.0 Å². The van der Waals surface area contributed by atoms with Crippen LogP contribution in [0.25, 0.3) is 0 Å². The molecule has 2 unspecified atom stereocenters. The Morgan fingerprint density at radius 3 is 2.55 bits per heavy atom. The molecule has 0 spiro atoms. The predicted octanol–water partition coefficient (Wildman–Crippen LogP) is 3.41. The molecule has 5 heteroatoms. The second-order valence-corrected chi connectivity index (χ2v) is 5.56. The van der Waals surface area contributed by atoms with E-state index in [0.717, 1.165) is 6.42 Å². The summed E-state index contributed by atoms with van der Waals surface area (Å²) in [4.78, 5) is 14.2. The number of likely N-dealkylation sites (tertiary alicyclic amines) is 1. The van der Waals surface area contributed by atoms with E-state index in [-0.39, 0.29) is 11.7 Å². The van der Waals surface area contributed by atoms with E-state index in [0.29, 0.717) is 30.5 Å². The lowest BCUT2D eigenvalue weighted by molar-refractivity contribution is -0.0499. The zero-order valence-electron chi connectivity index (χ0n) is 11.7. The first-order valence-corrected chi connectivity index (χ1v) is 6.80. The van der Waals surface area contributed by atoms with Crippen molar-refractivity contribution in [2.24, 2.45) is 11.8 Å². The number of carbonyl (C=O) groups is 1. The number of carbonyl (C=O) groups excluding carboxylic acids is 1. The minimum atomic E-state index is -2.88. The summed E-state index contributed by atoms with van der Waals surface area (Å²) in [6, 6.07) is 5.98. The van der Waals surface area contributed by atoms with Gasteiger partial charge < -0.3 is 9.64 Å². The van der Waals surface area contributed by atoms with Gasteiger partial charge >= 0.3 is 6.61 Å². The van der Waals surface area contributed by atoms with Crippen LogP contribution in [0.2, 0.25) is 0 Å². The summed E-state index contributed by atoms with van der Waals surface area (Å²) in [7, 11) is 0. The molecule has 3 nitrogen and oxygen atoms in total. The van der Waals surface area contributed by atoms with Crippen molar-refractivity contribution in [2.45, 2.75) is 26.9 Å². The van der Waals surface area contributed by atoms with Gasteiger partial charge in [-0.1, -0.05) is 19.9 Å². The van der Waals surface area contributed by atoms with Crippen LogP contribution in [0.1, 0.15) is 30.6 Å². The highest BCUT2D eigenvalue weighted by atomic mass is 19.3. The van der Waals surface area contributed by atoms with Crippen LogP contribution in [0.5, 0.6) is 5.75 Å². The number of hydrogen-bond donors (Lipinski definition) is 0. The molecule has 1 aromatic rings. The summed E-state index contributed by atoms with van der Waals surface area (Å²) >= 11 is 0. The standard InChI is InChI=1S/C15H19F2NO2/c1-10-6-11(2)9-18(8-10)14(19)12-4-3-5-13(7-12)20-15(16)17/h3-5,7,10-11,15H,6,8-9H2,1-2H3. The van der Waals surface area contributed by atoms with Crippen LogP contribution in [0.15, 0.2) is 24.3 Å². The monoisotopic (exact) mass is 283 g/mol. The van der Waals surface area contributed by atoms with Gasteiger partial charge in [-0.25, -0.2) is 0 Å². The predicted molar refractivity (Wildman–Crippen MR) is 71.9 cm³/mol. The quantitative estimate of drug-likeness (QED) is 0.851. The van der Waals surface area contributed by atoms with Crippen LogP contribution >= 0.6 is 0 Å². The number of rotatable bonds is 3. The fourth-order valence-electron chi connectivity index (χ4n) is 2.82. The van der Waals surface area contributed by atoms with Crippen LogP contribution in [-0.2, 0) is 0 Å². The zero-order chi connectivity index (χ0) is 14.7. The van der Waals surface area contributed by atoms with Gasteiger partial charge in [-0.2, -0.15) is 8.78 Å². The van der Waals surface area contributed by atoms with Crippen molar-refractivity contribution in [3.8, 4) is 5.75 Å². The lowest BCUT2D eigenvalue weighted by atomic mass is 9.91. The Hall–Kier alpha value is -1.65. The number of alkyl halides is 2. The zero-order valence-corrected chi connectivity index (χ0v) is 11.7. The normalized spacial score (nSPS) is 22.9. The molecule has 0 aromatic heterocycles. The Labute approximate surface area is 117 Å². The van der Waals surface area contributed by atoms with Crippen molar-refractivity contribution in [2.75, 3.05) is 13.1 Å². The lowest BCUT2D eigenvalue weighted by Crippen LogP contribution is -2.42. The van der Waals surface area contributed by atoms with E-state index in [4.69, 9.17) is 0 Å². The summed E-state index contributed by atoms with van der Waals surface area (Å²) in [6.45, 7) is 2.78. The number of nitrogens with zero attached hydrogens (tertiary/aromatic N) is 1. The van der Waals surface area contributed by atoms with E-state index >= 15 is 0 Å².